The Hall–Kier alpha value is -1.66. The number of anilines is 1. The van der Waals surface area contributed by atoms with Gasteiger partial charge in [-0.3, -0.25) is 14.9 Å². The molecule has 0 fully saturated rings. The molecule has 3 N–H and O–H groups in total. The van der Waals surface area contributed by atoms with Gasteiger partial charge in [-0.2, -0.15) is 0 Å². The lowest BCUT2D eigenvalue weighted by molar-refractivity contribution is -0.384. The number of amides is 1. The van der Waals surface area contributed by atoms with E-state index in [1.54, 1.807) is 0 Å². The zero-order valence-corrected chi connectivity index (χ0v) is 12.2. The van der Waals surface area contributed by atoms with Gasteiger partial charge in [0.2, 0.25) is 5.91 Å². The highest BCUT2D eigenvalue weighted by molar-refractivity contribution is 6.34. The highest BCUT2D eigenvalue weighted by Gasteiger charge is 2.33. The van der Waals surface area contributed by atoms with E-state index in [0.717, 1.165) is 0 Å². The molecule has 1 amide bonds. The number of carbonyl (C=O) groups is 1. The first-order valence-electron chi connectivity index (χ1n) is 6.35. The molecule has 0 aliphatic heterocycles. The van der Waals surface area contributed by atoms with Crippen molar-refractivity contribution in [1.29, 1.82) is 0 Å². The van der Waals surface area contributed by atoms with Gasteiger partial charge in [-0.1, -0.05) is 25.4 Å². The maximum absolute atomic E-state index is 12.3. The van der Waals surface area contributed by atoms with Crippen LogP contribution in [0.15, 0.2) is 18.2 Å². The van der Waals surface area contributed by atoms with Gasteiger partial charge >= 0.3 is 0 Å². The number of hydrogen-bond donors (Lipinski definition) is 2. The van der Waals surface area contributed by atoms with E-state index in [9.17, 15) is 14.9 Å². The summed E-state index contributed by atoms with van der Waals surface area (Å²) in [5.74, 6) is -0.222. The second kappa shape index (κ2) is 6.67. The number of non-ortho nitro benzene ring substituents is 1. The second-order valence-electron chi connectivity index (χ2n) is 4.57. The van der Waals surface area contributed by atoms with Gasteiger partial charge in [0.1, 0.15) is 0 Å². The fraction of sp³-hybridized carbons (Fsp3) is 0.462. The number of rotatable bonds is 6. The highest BCUT2D eigenvalue weighted by Crippen LogP contribution is 2.31. The first-order valence-corrected chi connectivity index (χ1v) is 6.73. The molecule has 20 heavy (non-hydrogen) atoms. The Morgan fingerprint density at radius 2 is 2.05 bits per heavy atom. The molecule has 7 heteroatoms. The number of benzene rings is 1. The van der Waals surface area contributed by atoms with Crippen LogP contribution < -0.4 is 11.1 Å². The molecule has 0 spiro atoms. The number of nitro groups is 1. The number of nitrogens with one attached hydrogen (secondary N) is 1. The summed E-state index contributed by atoms with van der Waals surface area (Å²) in [7, 11) is 0. The summed E-state index contributed by atoms with van der Waals surface area (Å²) in [6.07, 6.45) is 1.22. The van der Waals surface area contributed by atoms with E-state index in [4.69, 9.17) is 17.3 Å². The average Bonchev–Trinajstić information content (AvgIpc) is 2.43. The molecule has 0 radical (unpaired) electrons. The highest BCUT2D eigenvalue weighted by atomic mass is 35.5. The number of carbonyl (C=O) groups excluding carboxylic acids is 1. The van der Waals surface area contributed by atoms with Gasteiger partial charge in [0.25, 0.3) is 5.69 Å². The van der Waals surface area contributed by atoms with E-state index < -0.39 is 10.3 Å². The van der Waals surface area contributed by atoms with Crippen LogP contribution in [0.4, 0.5) is 11.4 Å². The molecule has 1 aromatic carbocycles. The molecule has 0 atom stereocenters. The van der Waals surface area contributed by atoms with Crippen LogP contribution in [0.25, 0.3) is 0 Å². The van der Waals surface area contributed by atoms with Crippen molar-refractivity contribution in [1.82, 2.24) is 0 Å². The van der Waals surface area contributed by atoms with Crippen LogP contribution in [0.2, 0.25) is 5.02 Å². The van der Waals surface area contributed by atoms with Crippen molar-refractivity contribution in [3.63, 3.8) is 0 Å². The van der Waals surface area contributed by atoms with Crippen molar-refractivity contribution in [3.8, 4) is 0 Å². The normalized spacial score (nSPS) is 11.2. The Kier molecular flexibility index (Phi) is 5.47. The van der Waals surface area contributed by atoms with E-state index in [-0.39, 0.29) is 23.2 Å². The maximum atomic E-state index is 12.3. The summed E-state index contributed by atoms with van der Waals surface area (Å²) >= 11 is 5.95. The monoisotopic (exact) mass is 299 g/mol. The molecular weight excluding hydrogens is 282 g/mol. The zero-order chi connectivity index (χ0) is 15.3. The van der Waals surface area contributed by atoms with Crippen molar-refractivity contribution in [2.24, 2.45) is 11.1 Å². The van der Waals surface area contributed by atoms with Crippen molar-refractivity contribution < 1.29 is 9.72 Å². The van der Waals surface area contributed by atoms with Gasteiger partial charge in [-0.05, 0) is 18.9 Å². The summed E-state index contributed by atoms with van der Waals surface area (Å²) < 4.78 is 0. The lowest BCUT2D eigenvalue weighted by Crippen LogP contribution is -2.41. The molecule has 0 unspecified atom stereocenters. The predicted molar refractivity (Wildman–Crippen MR) is 78.8 cm³/mol. The smallest absolute Gasteiger partial charge is 0.271 e. The van der Waals surface area contributed by atoms with E-state index >= 15 is 0 Å². The Morgan fingerprint density at radius 1 is 1.45 bits per heavy atom. The number of halogens is 1. The third-order valence-electron chi connectivity index (χ3n) is 3.64. The number of nitrogens with zero attached hydrogens (tertiary/aromatic N) is 1. The average molecular weight is 300 g/mol. The van der Waals surface area contributed by atoms with E-state index in [1.165, 1.54) is 18.2 Å². The van der Waals surface area contributed by atoms with Crippen LogP contribution in [0.1, 0.15) is 26.7 Å². The van der Waals surface area contributed by atoms with Gasteiger partial charge in [-0.15, -0.1) is 0 Å². The zero-order valence-electron chi connectivity index (χ0n) is 11.5. The van der Waals surface area contributed by atoms with Crippen LogP contribution in [0, 0.1) is 15.5 Å². The van der Waals surface area contributed by atoms with Crippen LogP contribution in [-0.4, -0.2) is 17.4 Å². The predicted octanol–water partition coefficient (Wildman–Crippen LogP) is 2.95. The van der Waals surface area contributed by atoms with Gasteiger partial charge < -0.3 is 11.1 Å². The number of hydrogen-bond acceptors (Lipinski definition) is 4. The number of nitro benzene ring substituents is 1. The lowest BCUT2D eigenvalue weighted by atomic mass is 9.81. The largest absolute Gasteiger partial charge is 0.329 e. The van der Waals surface area contributed by atoms with Crippen LogP contribution in [0.3, 0.4) is 0 Å². The molecule has 110 valence electrons. The Labute approximate surface area is 122 Å². The standard InChI is InChI=1S/C13H18ClN3O3/c1-3-13(4-2,8-15)12(18)16-11-6-5-9(17(19)20)7-10(11)14/h5-7H,3-4,8,15H2,1-2H3,(H,16,18). The van der Waals surface area contributed by atoms with Crippen LogP contribution in [-0.2, 0) is 4.79 Å². The van der Waals surface area contributed by atoms with Crippen molar-refractivity contribution in [2.45, 2.75) is 26.7 Å². The number of nitrogens with two attached hydrogens (primary N) is 1. The molecule has 0 saturated carbocycles. The van der Waals surface area contributed by atoms with Crippen molar-refractivity contribution in [3.05, 3.63) is 33.3 Å². The topological polar surface area (TPSA) is 98.3 Å². The third kappa shape index (κ3) is 3.26. The van der Waals surface area contributed by atoms with Gasteiger partial charge in [0.15, 0.2) is 0 Å². The van der Waals surface area contributed by atoms with Crippen molar-refractivity contribution in [2.75, 3.05) is 11.9 Å². The summed E-state index contributed by atoms with van der Waals surface area (Å²) in [6, 6.07) is 3.92. The fourth-order valence-corrected chi connectivity index (χ4v) is 2.15. The maximum Gasteiger partial charge on any atom is 0.271 e. The molecular formula is C13H18ClN3O3. The Balaban J connectivity index is 2.99. The Morgan fingerprint density at radius 3 is 2.45 bits per heavy atom. The van der Waals surface area contributed by atoms with Gasteiger partial charge in [0, 0.05) is 18.7 Å². The molecule has 0 bridgehead atoms. The Bertz CT molecular complexity index is 507. The summed E-state index contributed by atoms with van der Waals surface area (Å²) in [5, 5.41) is 13.5. The van der Waals surface area contributed by atoms with Crippen molar-refractivity contribution >= 4 is 28.9 Å². The molecule has 6 nitrogen and oxygen atoms in total. The molecule has 0 heterocycles. The minimum Gasteiger partial charge on any atom is -0.329 e. The van der Waals surface area contributed by atoms with E-state index in [1.807, 2.05) is 13.8 Å². The summed E-state index contributed by atoms with van der Waals surface area (Å²) in [4.78, 5) is 22.4. The van der Waals surface area contributed by atoms with Crippen LogP contribution in [0.5, 0.6) is 0 Å². The molecule has 1 rings (SSSR count). The summed E-state index contributed by atoms with van der Waals surface area (Å²) in [6.45, 7) is 4.02. The second-order valence-corrected chi connectivity index (χ2v) is 4.97. The third-order valence-corrected chi connectivity index (χ3v) is 3.95. The fourth-order valence-electron chi connectivity index (χ4n) is 1.93. The quantitative estimate of drug-likeness (QED) is 0.623. The molecule has 0 aromatic heterocycles. The molecule has 1 aromatic rings. The molecule has 0 aliphatic rings. The lowest BCUT2D eigenvalue weighted by Gasteiger charge is -2.28. The van der Waals surface area contributed by atoms with Gasteiger partial charge in [-0.25, -0.2) is 0 Å². The first-order chi connectivity index (χ1) is 9.40. The SMILES string of the molecule is CCC(CC)(CN)C(=O)Nc1ccc([N+](=O)[O-])cc1Cl. The molecule has 0 saturated heterocycles. The van der Waals surface area contributed by atoms with Crippen LogP contribution >= 0.6 is 11.6 Å². The van der Waals surface area contributed by atoms with E-state index in [0.29, 0.717) is 18.5 Å². The van der Waals surface area contributed by atoms with E-state index in [2.05, 4.69) is 5.32 Å². The summed E-state index contributed by atoms with van der Waals surface area (Å²) in [5.41, 5.74) is 5.28. The van der Waals surface area contributed by atoms with Gasteiger partial charge in [0.05, 0.1) is 21.0 Å². The minimum absolute atomic E-state index is 0.121. The molecule has 0 aliphatic carbocycles. The minimum atomic E-state index is -0.648. The first kappa shape index (κ1) is 16.4.